The van der Waals surface area contributed by atoms with Gasteiger partial charge in [0.25, 0.3) is 0 Å². The predicted molar refractivity (Wildman–Crippen MR) is 111 cm³/mol. The molecule has 0 bridgehead atoms. The van der Waals surface area contributed by atoms with Gasteiger partial charge in [-0.25, -0.2) is 4.79 Å². The van der Waals surface area contributed by atoms with Crippen molar-refractivity contribution in [2.45, 2.75) is 64.7 Å². The van der Waals surface area contributed by atoms with E-state index in [1.54, 1.807) is 0 Å². The molecule has 1 amide bonds. The summed E-state index contributed by atoms with van der Waals surface area (Å²) in [4.78, 5) is 25.3. The molecule has 0 saturated heterocycles. The van der Waals surface area contributed by atoms with Crippen LogP contribution in [0.3, 0.4) is 0 Å². The number of methoxy groups -OCH3 is 1. The highest BCUT2D eigenvalue weighted by atomic mass is 79.9. The molecule has 1 saturated carbocycles. The quantitative estimate of drug-likeness (QED) is 0.444. The van der Waals surface area contributed by atoms with Gasteiger partial charge in [-0.3, -0.25) is 4.79 Å². The Morgan fingerprint density at radius 1 is 1.15 bits per heavy atom. The van der Waals surface area contributed by atoms with Gasteiger partial charge in [-0.05, 0) is 43.4 Å². The van der Waals surface area contributed by atoms with E-state index >= 15 is 0 Å². The van der Waals surface area contributed by atoms with E-state index in [1.807, 2.05) is 24.3 Å². The summed E-state index contributed by atoms with van der Waals surface area (Å²) in [6, 6.07) is 7.87. The summed E-state index contributed by atoms with van der Waals surface area (Å²) in [5.74, 6) is -0.257. The zero-order chi connectivity index (χ0) is 19.6. The van der Waals surface area contributed by atoms with Crippen molar-refractivity contribution in [1.29, 1.82) is 0 Å². The molecule has 0 spiro atoms. The maximum Gasteiger partial charge on any atom is 0.335 e. The van der Waals surface area contributed by atoms with Crippen molar-refractivity contribution >= 4 is 27.8 Å². The molecule has 2 rings (SSSR count). The molecule has 5 heteroatoms. The van der Waals surface area contributed by atoms with Gasteiger partial charge in [-0.2, -0.15) is 0 Å². The number of amides is 1. The van der Waals surface area contributed by atoms with E-state index in [4.69, 9.17) is 4.74 Å². The van der Waals surface area contributed by atoms with Crippen LogP contribution >= 0.6 is 15.9 Å². The summed E-state index contributed by atoms with van der Waals surface area (Å²) in [5, 5.41) is 3.10. The molecular formula is C22H30BrNO3. The molecule has 0 heterocycles. The molecule has 27 heavy (non-hydrogen) atoms. The number of hydrogen-bond acceptors (Lipinski definition) is 3. The first-order valence-electron chi connectivity index (χ1n) is 9.90. The van der Waals surface area contributed by atoms with Gasteiger partial charge in [0.2, 0.25) is 5.91 Å². The van der Waals surface area contributed by atoms with Gasteiger partial charge >= 0.3 is 5.97 Å². The molecule has 0 atom stereocenters. The van der Waals surface area contributed by atoms with Crippen LogP contribution in [0.15, 0.2) is 40.0 Å². The van der Waals surface area contributed by atoms with Gasteiger partial charge < -0.3 is 10.1 Å². The number of benzene rings is 1. The molecule has 0 aliphatic heterocycles. The van der Waals surface area contributed by atoms with Gasteiger partial charge in [-0.1, -0.05) is 60.7 Å². The number of ether oxygens (including phenoxy) is 1. The Kier molecular flexibility index (Phi) is 9.05. The van der Waals surface area contributed by atoms with Gasteiger partial charge in [0.05, 0.1) is 12.7 Å². The van der Waals surface area contributed by atoms with E-state index in [1.165, 1.54) is 13.5 Å². The monoisotopic (exact) mass is 435 g/mol. The minimum atomic E-state index is -0.368. The Morgan fingerprint density at radius 3 is 2.41 bits per heavy atom. The standard InChI is InChI=1S/C22H30BrNO3/c1-3-4-10-20(24-21(25)17-8-6-5-7-9-17)19(22(26)27-2)15-16-11-13-18(23)14-12-16/h11-14,17H,3-10,15H2,1-2H3,(H,24,25)/b20-19-. The van der Waals surface area contributed by atoms with Crippen LogP contribution in [0.4, 0.5) is 0 Å². The summed E-state index contributed by atoms with van der Waals surface area (Å²) in [7, 11) is 1.39. The van der Waals surface area contributed by atoms with Crippen LogP contribution in [0, 0.1) is 5.92 Å². The van der Waals surface area contributed by atoms with Gasteiger partial charge in [0, 0.05) is 22.5 Å². The number of carbonyl (C=O) groups excluding carboxylic acids is 2. The molecule has 1 aromatic carbocycles. The van der Waals surface area contributed by atoms with E-state index in [2.05, 4.69) is 28.2 Å². The molecule has 0 unspecified atom stereocenters. The lowest BCUT2D eigenvalue weighted by Gasteiger charge is -2.23. The number of allylic oxidation sites excluding steroid dienone is 1. The molecule has 1 N–H and O–H groups in total. The number of rotatable bonds is 8. The van der Waals surface area contributed by atoms with Crippen molar-refractivity contribution in [2.24, 2.45) is 5.92 Å². The third-order valence-corrected chi connectivity index (χ3v) is 5.65. The number of esters is 1. The molecule has 1 aromatic rings. The second-order valence-corrected chi connectivity index (χ2v) is 8.10. The fourth-order valence-electron chi connectivity index (χ4n) is 3.49. The SMILES string of the molecule is CCCC/C(NC(=O)C1CCCCC1)=C(\Cc1ccc(Br)cc1)C(=O)OC. The average Bonchev–Trinajstić information content (AvgIpc) is 2.70. The minimum Gasteiger partial charge on any atom is -0.466 e. The molecule has 0 radical (unpaired) electrons. The summed E-state index contributed by atoms with van der Waals surface area (Å²) >= 11 is 3.43. The largest absolute Gasteiger partial charge is 0.466 e. The molecule has 1 fully saturated rings. The molecule has 0 aromatic heterocycles. The topological polar surface area (TPSA) is 55.4 Å². The van der Waals surface area contributed by atoms with Crippen molar-refractivity contribution in [3.8, 4) is 0 Å². The number of halogens is 1. The first-order valence-corrected chi connectivity index (χ1v) is 10.7. The van der Waals surface area contributed by atoms with E-state index in [9.17, 15) is 9.59 Å². The second kappa shape index (κ2) is 11.3. The maximum absolute atomic E-state index is 12.8. The number of carbonyl (C=O) groups is 2. The summed E-state index contributed by atoms with van der Waals surface area (Å²) in [6.45, 7) is 2.10. The van der Waals surface area contributed by atoms with Crippen LogP contribution in [-0.4, -0.2) is 19.0 Å². The molecular weight excluding hydrogens is 406 g/mol. The lowest BCUT2D eigenvalue weighted by Crippen LogP contribution is -2.33. The highest BCUT2D eigenvalue weighted by molar-refractivity contribution is 9.10. The van der Waals surface area contributed by atoms with Crippen LogP contribution in [0.5, 0.6) is 0 Å². The van der Waals surface area contributed by atoms with E-state index in [-0.39, 0.29) is 17.8 Å². The summed E-state index contributed by atoms with van der Waals surface area (Å²) < 4.78 is 6.03. The predicted octanol–water partition coefficient (Wildman–Crippen LogP) is 5.31. The van der Waals surface area contributed by atoms with Crippen LogP contribution in [0.1, 0.15) is 63.9 Å². The first kappa shape index (κ1) is 21.7. The smallest absolute Gasteiger partial charge is 0.335 e. The zero-order valence-corrected chi connectivity index (χ0v) is 17.9. The second-order valence-electron chi connectivity index (χ2n) is 7.18. The fourth-order valence-corrected chi connectivity index (χ4v) is 3.75. The Morgan fingerprint density at radius 2 is 1.81 bits per heavy atom. The highest BCUT2D eigenvalue weighted by Crippen LogP contribution is 2.25. The van der Waals surface area contributed by atoms with Crippen LogP contribution in [0.25, 0.3) is 0 Å². The van der Waals surface area contributed by atoms with Crippen LogP contribution in [-0.2, 0) is 20.7 Å². The number of unbranched alkanes of at least 4 members (excludes halogenated alkanes) is 1. The molecule has 4 nitrogen and oxygen atoms in total. The molecule has 1 aliphatic carbocycles. The lowest BCUT2D eigenvalue weighted by atomic mass is 9.88. The van der Waals surface area contributed by atoms with Gasteiger partial charge in [0.1, 0.15) is 0 Å². The maximum atomic E-state index is 12.8. The lowest BCUT2D eigenvalue weighted by molar-refractivity contribution is -0.136. The van der Waals surface area contributed by atoms with Gasteiger partial charge in [-0.15, -0.1) is 0 Å². The molecule has 1 aliphatic rings. The van der Waals surface area contributed by atoms with Crippen molar-refractivity contribution in [2.75, 3.05) is 7.11 Å². The van der Waals surface area contributed by atoms with Crippen molar-refractivity contribution in [3.05, 3.63) is 45.6 Å². The highest BCUT2D eigenvalue weighted by Gasteiger charge is 2.24. The van der Waals surface area contributed by atoms with Crippen LogP contribution < -0.4 is 5.32 Å². The number of hydrogen-bond donors (Lipinski definition) is 1. The van der Waals surface area contributed by atoms with E-state index in [0.29, 0.717) is 18.4 Å². The van der Waals surface area contributed by atoms with Crippen LogP contribution in [0.2, 0.25) is 0 Å². The number of nitrogens with one attached hydrogen (secondary N) is 1. The van der Waals surface area contributed by atoms with Crippen molar-refractivity contribution in [3.63, 3.8) is 0 Å². The third-order valence-electron chi connectivity index (χ3n) is 5.12. The zero-order valence-electron chi connectivity index (χ0n) is 16.4. The average molecular weight is 436 g/mol. The Bertz CT molecular complexity index is 661. The van der Waals surface area contributed by atoms with E-state index in [0.717, 1.165) is 54.3 Å². The molecule has 148 valence electrons. The van der Waals surface area contributed by atoms with E-state index < -0.39 is 0 Å². The van der Waals surface area contributed by atoms with Gasteiger partial charge in [0.15, 0.2) is 0 Å². The van der Waals surface area contributed by atoms with Crippen molar-refractivity contribution in [1.82, 2.24) is 5.32 Å². The first-order chi connectivity index (χ1) is 13.0. The Labute approximate surface area is 170 Å². The Balaban J connectivity index is 2.27. The summed E-state index contributed by atoms with van der Waals surface area (Å²) in [5.41, 5.74) is 2.29. The normalized spacial score (nSPS) is 15.8. The Hall–Kier alpha value is -1.62. The minimum absolute atomic E-state index is 0.0537. The third kappa shape index (κ3) is 6.80. The fraction of sp³-hybridized carbons (Fsp3) is 0.545. The summed E-state index contributed by atoms with van der Waals surface area (Å²) in [6.07, 6.45) is 8.33. The van der Waals surface area contributed by atoms with Crippen molar-refractivity contribution < 1.29 is 14.3 Å².